The lowest BCUT2D eigenvalue weighted by Crippen LogP contribution is -2.37. The predicted molar refractivity (Wildman–Crippen MR) is 88.0 cm³/mol. The molecule has 1 atom stereocenters. The van der Waals surface area contributed by atoms with Crippen molar-refractivity contribution in [1.29, 1.82) is 5.26 Å². The zero-order chi connectivity index (χ0) is 16.5. The van der Waals surface area contributed by atoms with Gasteiger partial charge in [-0.25, -0.2) is 0 Å². The molecule has 0 spiro atoms. The molecule has 0 aliphatic rings. The second kappa shape index (κ2) is 9.32. The van der Waals surface area contributed by atoms with Crippen molar-refractivity contribution < 1.29 is 9.53 Å². The summed E-state index contributed by atoms with van der Waals surface area (Å²) in [5, 5.41) is 9.85. The summed E-state index contributed by atoms with van der Waals surface area (Å²) in [6.07, 6.45) is 2.14. The first-order valence-corrected chi connectivity index (χ1v) is 7.95. The smallest absolute Gasteiger partial charge is 0.240 e. The molecule has 0 saturated carbocycles. The van der Waals surface area contributed by atoms with E-state index in [-0.39, 0.29) is 5.91 Å². The van der Waals surface area contributed by atoms with Gasteiger partial charge in [-0.1, -0.05) is 31.5 Å². The average Bonchev–Trinajstić information content (AvgIpc) is 2.52. The summed E-state index contributed by atoms with van der Waals surface area (Å²) in [7, 11) is 1.55. The number of ether oxygens (including phenoxy) is 1. The number of carbonyl (C=O) groups excluding carboxylic acids is 1. The molecular weight excluding hydrogens is 300 g/mol. The number of amides is 1. The summed E-state index contributed by atoms with van der Waals surface area (Å²) < 4.78 is 5.11. The summed E-state index contributed by atoms with van der Waals surface area (Å²) in [4.78, 5) is 14.3. The molecule has 0 aliphatic heterocycles. The van der Waals surface area contributed by atoms with Crippen LogP contribution in [0.2, 0.25) is 5.02 Å². The van der Waals surface area contributed by atoms with Crippen LogP contribution in [0.4, 0.5) is 0 Å². The molecule has 5 heteroatoms. The van der Waals surface area contributed by atoms with E-state index in [1.165, 1.54) is 0 Å². The Kier molecular flexibility index (Phi) is 7.76. The molecular formula is C17H23ClN2O2. The largest absolute Gasteiger partial charge is 0.495 e. The van der Waals surface area contributed by atoms with Crippen LogP contribution in [0.15, 0.2) is 18.2 Å². The van der Waals surface area contributed by atoms with Gasteiger partial charge in [0.2, 0.25) is 5.91 Å². The minimum Gasteiger partial charge on any atom is -0.495 e. The lowest BCUT2D eigenvalue weighted by atomic mass is 9.99. The van der Waals surface area contributed by atoms with Gasteiger partial charge in [0.15, 0.2) is 0 Å². The third kappa shape index (κ3) is 4.92. The summed E-state index contributed by atoms with van der Waals surface area (Å²) in [5.74, 6) is -0.190. The molecule has 0 heterocycles. The minimum absolute atomic E-state index is 0.0989. The van der Waals surface area contributed by atoms with Crippen molar-refractivity contribution in [2.75, 3.05) is 20.2 Å². The molecule has 120 valence electrons. The zero-order valence-corrected chi connectivity index (χ0v) is 14.2. The van der Waals surface area contributed by atoms with Crippen LogP contribution < -0.4 is 4.74 Å². The van der Waals surface area contributed by atoms with E-state index in [1.54, 1.807) is 24.1 Å². The number of nitriles is 1. The first-order valence-electron chi connectivity index (χ1n) is 7.58. The van der Waals surface area contributed by atoms with Crippen LogP contribution >= 0.6 is 11.6 Å². The predicted octanol–water partition coefficient (Wildman–Crippen LogP) is 3.68. The Morgan fingerprint density at radius 1 is 1.36 bits per heavy atom. The molecule has 4 nitrogen and oxygen atoms in total. The summed E-state index contributed by atoms with van der Waals surface area (Å²) in [6, 6.07) is 7.48. The van der Waals surface area contributed by atoms with Gasteiger partial charge in [0, 0.05) is 13.1 Å². The van der Waals surface area contributed by atoms with E-state index in [0.717, 1.165) is 18.4 Å². The van der Waals surface area contributed by atoms with E-state index in [1.807, 2.05) is 19.9 Å². The average molecular weight is 323 g/mol. The minimum atomic E-state index is -0.678. The van der Waals surface area contributed by atoms with Crippen molar-refractivity contribution in [2.24, 2.45) is 5.92 Å². The third-order valence-electron chi connectivity index (χ3n) is 3.41. The fraction of sp³-hybridized carbons (Fsp3) is 0.529. The lowest BCUT2D eigenvalue weighted by Gasteiger charge is -2.24. The molecule has 1 unspecified atom stereocenters. The SMILES string of the molecule is CCCN(CCC)C(=O)C(C#N)Cc1ccc(OC)c(Cl)c1. The monoisotopic (exact) mass is 322 g/mol. The van der Waals surface area contributed by atoms with Gasteiger partial charge in [-0.3, -0.25) is 4.79 Å². The Hall–Kier alpha value is -1.73. The number of rotatable bonds is 8. The number of hydrogen-bond donors (Lipinski definition) is 0. The topological polar surface area (TPSA) is 53.3 Å². The van der Waals surface area contributed by atoms with E-state index in [2.05, 4.69) is 6.07 Å². The highest BCUT2D eigenvalue weighted by Crippen LogP contribution is 2.26. The second-order valence-corrected chi connectivity index (χ2v) is 5.59. The third-order valence-corrected chi connectivity index (χ3v) is 3.70. The lowest BCUT2D eigenvalue weighted by molar-refractivity contribution is -0.133. The summed E-state index contributed by atoms with van der Waals surface area (Å²) >= 11 is 6.09. The Bertz CT molecular complexity index is 534. The van der Waals surface area contributed by atoms with Crippen LogP contribution in [0.3, 0.4) is 0 Å². The van der Waals surface area contributed by atoms with Crippen LogP contribution in [0.25, 0.3) is 0 Å². The van der Waals surface area contributed by atoms with E-state index in [4.69, 9.17) is 16.3 Å². The van der Waals surface area contributed by atoms with Crippen LogP contribution in [0, 0.1) is 17.2 Å². The van der Waals surface area contributed by atoms with Gasteiger partial charge in [-0.15, -0.1) is 0 Å². The number of carbonyl (C=O) groups is 1. The van der Waals surface area contributed by atoms with Crippen molar-refractivity contribution in [3.05, 3.63) is 28.8 Å². The van der Waals surface area contributed by atoms with Gasteiger partial charge >= 0.3 is 0 Å². The Labute approximate surface area is 137 Å². The van der Waals surface area contributed by atoms with Gasteiger partial charge in [-0.05, 0) is 37.0 Å². The van der Waals surface area contributed by atoms with E-state index in [0.29, 0.717) is 30.3 Å². The van der Waals surface area contributed by atoms with Gasteiger partial charge in [-0.2, -0.15) is 5.26 Å². The maximum Gasteiger partial charge on any atom is 0.240 e. The number of nitrogens with zero attached hydrogens (tertiary/aromatic N) is 2. The molecule has 1 rings (SSSR count). The molecule has 0 fully saturated rings. The van der Waals surface area contributed by atoms with E-state index < -0.39 is 5.92 Å². The van der Waals surface area contributed by atoms with Gasteiger partial charge in [0.25, 0.3) is 0 Å². The highest BCUT2D eigenvalue weighted by Gasteiger charge is 2.23. The van der Waals surface area contributed by atoms with Crippen molar-refractivity contribution in [3.8, 4) is 11.8 Å². The van der Waals surface area contributed by atoms with E-state index >= 15 is 0 Å². The molecule has 0 radical (unpaired) electrons. The van der Waals surface area contributed by atoms with E-state index in [9.17, 15) is 10.1 Å². The molecule has 1 aromatic rings. The standard InChI is InChI=1S/C17H23ClN2O2/c1-4-8-20(9-5-2)17(21)14(12-19)10-13-6-7-16(22-3)15(18)11-13/h6-7,11,14H,4-5,8-10H2,1-3H3. The molecule has 1 aromatic carbocycles. The maximum absolute atomic E-state index is 12.5. The highest BCUT2D eigenvalue weighted by molar-refractivity contribution is 6.32. The fourth-order valence-electron chi connectivity index (χ4n) is 2.35. The van der Waals surface area contributed by atoms with Crippen molar-refractivity contribution in [1.82, 2.24) is 4.90 Å². The number of benzene rings is 1. The van der Waals surface area contributed by atoms with Crippen LogP contribution in [0.5, 0.6) is 5.75 Å². The highest BCUT2D eigenvalue weighted by atomic mass is 35.5. The first kappa shape index (κ1) is 18.3. The molecule has 22 heavy (non-hydrogen) atoms. The fourth-order valence-corrected chi connectivity index (χ4v) is 2.63. The number of hydrogen-bond acceptors (Lipinski definition) is 3. The van der Waals surface area contributed by atoms with Crippen molar-refractivity contribution in [2.45, 2.75) is 33.1 Å². The molecule has 0 aliphatic carbocycles. The molecule has 0 N–H and O–H groups in total. The van der Waals surface area contributed by atoms with Crippen LogP contribution in [0.1, 0.15) is 32.3 Å². The number of halogens is 1. The first-order chi connectivity index (χ1) is 10.6. The molecule has 1 amide bonds. The Morgan fingerprint density at radius 3 is 2.45 bits per heavy atom. The maximum atomic E-state index is 12.5. The van der Waals surface area contributed by atoms with Crippen LogP contribution in [-0.2, 0) is 11.2 Å². The zero-order valence-electron chi connectivity index (χ0n) is 13.4. The van der Waals surface area contributed by atoms with Crippen LogP contribution in [-0.4, -0.2) is 31.0 Å². The van der Waals surface area contributed by atoms with Crippen molar-refractivity contribution >= 4 is 17.5 Å². The molecule has 0 aromatic heterocycles. The second-order valence-electron chi connectivity index (χ2n) is 5.18. The summed E-state index contributed by atoms with van der Waals surface area (Å²) in [5.41, 5.74) is 0.860. The van der Waals surface area contributed by atoms with Gasteiger partial charge in [0.05, 0.1) is 18.2 Å². The normalized spacial score (nSPS) is 11.6. The van der Waals surface area contributed by atoms with Gasteiger partial charge in [0.1, 0.15) is 11.7 Å². The Morgan fingerprint density at radius 2 is 2.00 bits per heavy atom. The Balaban J connectivity index is 2.85. The molecule has 0 saturated heterocycles. The summed E-state index contributed by atoms with van der Waals surface area (Å²) in [6.45, 7) is 5.43. The quantitative estimate of drug-likeness (QED) is 0.733. The van der Waals surface area contributed by atoms with Crippen molar-refractivity contribution in [3.63, 3.8) is 0 Å². The number of methoxy groups -OCH3 is 1. The molecule has 0 bridgehead atoms. The van der Waals surface area contributed by atoms with Gasteiger partial charge < -0.3 is 9.64 Å².